The second-order valence-electron chi connectivity index (χ2n) is 6.22. The number of benzene rings is 1. The maximum absolute atomic E-state index is 12.3. The lowest BCUT2D eigenvalue weighted by Gasteiger charge is -2.32. The lowest BCUT2D eigenvalue weighted by atomic mass is 9.96. The van der Waals surface area contributed by atoms with Crippen molar-refractivity contribution >= 4 is 5.91 Å². The van der Waals surface area contributed by atoms with Crippen LogP contribution >= 0.6 is 0 Å². The molecule has 128 valence electrons. The van der Waals surface area contributed by atoms with Crippen LogP contribution in [-0.4, -0.2) is 52.4 Å². The SMILES string of the molecule is COCCC(=O)N1CCCC(c2nncn2Cc2ccccc2)C1. The predicted octanol–water partition coefficient (Wildman–Crippen LogP) is 2.07. The number of methoxy groups -OCH3 is 1. The van der Waals surface area contributed by atoms with Crippen LogP contribution in [0, 0.1) is 0 Å². The second-order valence-corrected chi connectivity index (χ2v) is 6.22. The minimum Gasteiger partial charge on any atom is -0.384 e. The Labute approximate surface area is 142 Å². The Morgan fingerprint density at radius 1 is 1.33 bits per heavy atom. The fraction of sp³-hybridized carbons (Fsp3) is 0.500. The van der Waals surface area contributed by atoms with Gasteiger partial charge in [0.15, 0.2) is 0 Å². The standard InChI is InChI=1S/C18H24N4O2/c1-24-11-9-17(23)21-10-5-8-16(13-21)18-20-19-14-22(18)12-15-6-3-2-4-7-15/h2-4,6-7,14,16H,5,8-13H2,1H3. The molecule has 1 aromatic heterocycles. The van der Waals surface area contributed by atoms with Crippen LogP contribution in [0.2, 0.25) is 0 Å². The van der Waals surface area contributed by atoms with E-state index < -0.39 is 0 Å². The van der Waals surface area contributed by atoms with Gasteiger partial charge in [0.25, 0.3) is 0 Å². The number of rotatable bonds is 6. The van der Waals surface area contributed by atoms with E-state index in [0.717, 1.165) is 38.3 Å². The first kappa shape index (κ1) is 16.6. The highest BCUT2D eigenvalue weighted by atomic mass is 16.5. The summed E-state index contributed by atoms with van der Waals surface area (Å²) in [7, 11) is 1.62. The first-order valence-corrected chi connectivity index (χ1v) is 8.46. The smallest absolute Gasteiger partial charge is 0.224 e. The third kappa shape index (κ3) is 4.00. The molecule has 24 heavy (non-hydrogen) atoms. The van der Waals surface area contributed by atoms with Gasteiger partial charge in [-0.2, -0.15) is 0 Å². The molecule has 0 spiro atoms. The molecule has 0 bridgehead atoms. The molecule has 6 heteroatoms. The van der Waals surface area contributed by atoms with E-state index in [2.05, 4.69) is 26.9 Å². The highest BCUT2D eigenvalue weighted by Crippen LogP contribution is 2.26. The van der Waals surface area contributed by atoms with Crippen LogP contribution < -0.4 is 0 Å². The zero-order chi connectivity index (χ0) is 16.8. The molecule has 6 nitrogen and oxygen atoms in total. The largest absolute Gasteiger partial charge is 0.384 e. The lowest BCUT2D eigenvalue weighted by Crippen LogP contribution is -2.40. The molecule has 1 aromatic carbocycles. The van der Waals surface area contributed by atoms with E-state index in [-0.39, 0.29) is 11.8 Å². The van der Waals surface area contributed by atoms with Gasteiger partial charge in [-0.1, -0.05) is 30.3 Å². The van der Waals surface area contributed by atoms with Gasteiger partial charge in [0.05, 0.1) is 19.6 Å². The zero-order valence-corrected chi connectivity index (χ0v) is 14.1. The number of hydrogen-bond acceptors (Lipinski definition) is 4. The molecule has 1 unspecified atom stereocenters. The van der Waals surface area contributed by atoms with E-state index in [1.165, 1.54) is 5.56 Å². The molecular weight excluding hydrogens is 304 g/mol. The maximum atomic E-state index is 12.3. The van der Waals surface area contributed by atoms with Gasteiger partial charge in [-0.15, -0.1) is 10.2 Å². The first-order chi connectivity index (χ1) is 11.8. The Bertz CT molecular complexity index is 656. The number of carbonyl (C=O) groups excluding carboxylic acids is 1. The van der Waals surface area contributed by atoms with Gasteiger partial charge >= 0.3 is 0 Å². The molecule has 1 fully saturated rings. The zero-order valence-electron chi connectivity index (χ0n) is 14.1. The van der Waals surface area contributed by atoms with Crippen molar-refractivity contribution in [1.82, 2.24) is 19.7 Å². The van der Waals surface area contributed by atoms with Crippen molar-refractivity contribution in [1.29, 1.82) is 0 Å². The van der Waals surface area contributed by atoms with Crippen molar-refractivity contribution < 1.29 is 9.53 Å². The summed E-state index contributed by atoms with van der Waals surface area (Å²) < 4.78 is 7.11. The van der Waals surface area contributed by atoms with Crippen molar-refractivity contribution in [2.75, 3.05) is 26.8 Å². The Morgan fingerprint density at radius 3 is 2.96 bits per heavy atom. The molecular formula is C18H24N4O2. The second kappa shape index (κ2) is 8.06. The summed E-state index contributed by atoms with van der Waals surface area (Å²) >= 11 is 0. The van der Waals surface area contributed by atoms with Gasteiger partial charge in [0, 0.05) is 26.1 Å². The Balaban J connectivity index is 1.68. The number of hydrogen-bond donors (Lipinski definition) is 0. The number of nitrogens with zero attached hydrogens (tertiary/aromatic N) is 4. The maximum Gasteiger partial charge on any atom is 0.224 e. The topological polar surface area (TPSA) is 60.2 Å². The van der Waals surface area contributed by atoms with Crippen molar-refractivity contribution in [3.63, 3.8) is 0 Å². The summed E-state index contributed by atoms with van der Waals surface area (Å²) in [6, 6.07) is 10.3. The van der Waals surface area contributed by atoms with Crippen molar-refractivity contribution in [3.8, 4) is 0 Å². The quantitative estimate of drug-likeness (QED) is 0.814. The van der Waals surface area contributed by atoms with Crippen LogP contribution in [0.3, 0.4) is 0 Å². The number of ether oxygens (including phenoxy) is 1. The minimum absolute atomic E-state index is 0.163. The highest BCUT2D eigenvalue weighted by Gasteiger charge is 2.27. The summed E-state index contributed by atoms with van der Waals surface area (Å²) in [5.41, 5.74) is 1.22. The Hall–Kier alpha value is -2.21. The van der Waals surface area contributed by atoms with Crippen LogP contribution in [0.25, 0.3) is 0 Å². The van der Waals surface area contributed by atoms with Crippen LogP contribution in [0.1, 0.15) is 36.6 Å². The van der Waals surface area contributed by atoms with Gasteiger partial charge in [-0.05, 0) is 18.4 Å². The van der Waals surface area contributed by atoms with Crippen molar-refractivity contribution in [2.45, 2.75) is 31.7 Å². The van der Waals surface area contributed by atoms with E-state index in [1.807, 2.05) is 23.1 Å². The molecule has 0 aliphatic carbocycles. The molecule has 3 rings (SSSR count). The minimum atomic E-state index is 0.163. The van der Waals surface area contributed by atoms with E-state index in [4.69, 9.17) is 4.74 Å². The van der Waals surface area contributed by atoms with E-state index >= 15 is 0 Å². The molecule has 1 aliphatic heterocycles. The summed E-state index contributed by atoms with van der Waals surface area (Å²) in [5.74, 6) is 1.38. The monoisotopic (exact) mass is 328 g/mol. The van der Waals surface area contributed by atoms with Crippen molar-refractivity contribution in [3.05, 3.63) is 48.0 Å². The van der Waals surface area contributed by atoms with Crippen molar-refractivity contribution in [2.24, 2.45) is 0 Å². The van der Waals surface area contributed by atoms with Gasteiger partial charge in [-0.3, -0.25) is 4.79 Å². The molecule has 1 atom stereocenters. The third-order valence-electron chi connectivity index (χ3n) is 4.50. The number of likely N-dealkylation sites (tertiary alicyclic amines) is 1. The Kier molecular flexibility index (Phi) is 5.59. The summed E-state index contributed by atoms with van der Waals surface area (Å²) in [6.45, 7) is 2.78. The van der Waals surface area contributed by atoms with Crippen LogP contribution in [0.5, 0.6) is 0 Å². The highest BCUT2D eigenvalue weighted by molar-refractivity contribution is 5.76. The average Bonchev–Trinajstić information content (AvgIpc) is 3.09. The number of amides is 1. The summed E-state index contributed by atoms with van der Waals surface area (Å²) in [4.78, 5) is 14.2. The number of aromatic nitrogens is 3. The molecule has 0 radical (unpaired) electrons. The molecule has 0 N–H and O–H groups in total. The van der Waals surface area contributed by atoms with E-state index in [9.17, 15) is 4.79 Å². The van der Waals surface area contributed by atoms with Crippen LogP contribution in [0.15, 0.2) is 36.7 Å². The number of carbonyl (C=O) groups is 1. The lowest BCUT2D eigenvalue weighted by molar-refractivity contribution is -0.133. The molecule has 1 saturated heterocycles. The van der Waals surface area contributed by atoms with Crippen LogP contribution in [-0.2, 0) is 16.1 Å². The van der Waals surface area contributed by atoms with Gasteiger partial charge < -0.3 is 14.2 Å². The molecule has 1 aliphatic rings. The van der Waals surface area contributed by atoms with Gasteiger partial charge in [0.1, 0.15) is 12.2 Å². The summed E-state index contributed by atoms with van der Waals surface area (Å²) in [5, 5.41) is 8.44. The van der Waals surface area contributed by atoms with Gasteiger partial charge in [-0.25, -0.2) is 0 Å². The van der Waals surface area contributed by atoms with E-state index in [1.54, 1.807) is 13.4 Å². The summed E-state index contributed by atoms with van der Waals surface area (Å²) in [6.07, 6.45) is 4.27. The fourth-order valence-electron chi connectivity index (χ4n) is 3.24. The van der Waals surface area contributed by atoms with Gasteiger partial charge in [0.2, 0.25) is 5.91 Å². The number of piperidine rings is 1. The van der Waals surface area contributed by atoms with Crippen LogP contribution in [0.4, 0.5) is 0 Å². The molecule has 2 aromatic rings. The van der Waals surface area contributed by atoms with E-state index in [0.29, 0.717) is 13.0 Å². The third-order valence-corrected chi connectivity index (χ3v) is 4.50. The normalized spacial score (nSPS) is 17.9. The first-order valence-electron chi connectivity index (χ1n) is 8.46. The predicted molar refractivity (Wildman–Crippen MR) is 90.6 cm³/mol. The average molecular weight is 328 g/mol. The Morgan fingerprint density at radius 2 is 2.17 bits per heavy atom. The molecule has 1 amide bonds. The molecule has 0 saturated carbocycles. The fourth-order valence-corrected chi connectivity index (χ4v) is 3.24. The molecule has 2 heterocycles.